The standard InChI is InChI=1S/C15H24O6/c1-13(2,3)7-9(16)8(14(4,5)6)11(18)15(21,10(7)17)12(19)20/h10,16-18,21H,1-6H3,(H,19,20). The van der Waals surface area contributed by atoms with E-state index >= 15 is 0 Å². The zero-order valence-corrected chi connectivity index (χ0v) is 13.2. The van der Waals surface area contributed by atoms with Crippen molar-refractivity contribution < 1.29 is 30.3 Å². The van der Waals surface area contributed by atoms with Gasteiger partial charge >= 0.3 is 5.97 Å². The zero-order valence-electron chi connectivity index (χ0n) is 13.2. The Kier molecular flexibility index (Phi) is 3.96. The second-order valence-corrected chi connectivity index (χ2v) is 7.46. The quantitative estimate of drug-likeness (QED) is 0.504. The average molecular weight is 300 g/mol. The van der Waals surface area contributed by atoms with Gasteiger partial charge in [-0.2, -0.15) is 0 Å². The topological polar surface area (TPSA) is 118 Å². The normalized spacial score (nSPS) is 28.1. The third-order valence-corrected chi connectivity index (χ3v) is 3.64. The van der Waals surface area contributed by atoms with Crippen LogP contribution >= 0.6 is 0 Å². The lowest BCUT2D eigenvalue weighted by Gasteiger charge is -2.42. The van der Waals surface area contributed by atoms with Crippen LogP contribution in [-0.4, -0.2) is 43.2 Å². The van der Waals surface area contributed by atoms with Crippen molar-refractivity contribution in [3.05, 3.63) is 22.7 Å². The smallest absolute Gasteiger partial charge is 0.346 e. The molecular weight excluding hydrogens is 276 g/mol. The summed E-state index contributed by atoms with van der Waals surface area (Å²) in [4.78, 5) is 11.4. The first kappa shape index (κ1) is 17.5. The van der Waals surface area contributed by atoms with E-state index in [4.69, 9.17) is 0 Å². The summed E-state index contributed by atoms with van der Waals surface area (Å²) in [5, 5.41) is 50.6. The molecule has 2 unspecified atom stereocenters. The number of aliphatic carboxylic acids is 1. The number of aliphatic hydroxyl groups is 4. The van der Waals surface area contributed by atoms with Gasteiger partial charge in [0.05, 0.1) is 0 Å². The number of rotatable bonds is 1. The first-order valence-corrected chi connectivity index (χ1v) is 6.68. The summed E-state index contributed by atoms with van der Waals surface area (Å²) in [6.07, 6.45) is -1.94. The molecule has 0 amide bonds. The molecule has 6 heteroatoms. The number of carboxylic acid groups (broad SMARTS) is 1. The zero-order chi connectivity index (χ0) is 17.0. The molecule has 0 aromatic carbocycles. The van der Waals surface area contributed by atoms with Crippen LogP contribution in [0.4, 0.5) is 0 Å². The Morgan fingerprint density at radius 1 is 1.05 bits per heavy atom. The largest absolute Gasteiger partial charge is 0.508 e. The number of hydrogen-bond donors (Lipinski definition) is 5. The van der Waals surface area contributed by atoms with Gasteiger partial charge in [0, 0.05) is 11.1 Å². The van der Waals surface area contributed by atoms with Gasteiger partial charge in [-0.05, 0) is 10.8 Å². The van der Waals surface area contributed by atoms with E-state index in [9.17, 15) is 30.3 Å². The highest BCUT2D eigenvalue weighted by Gasteiger charge is 2.57. The van der Waals surface area contributed by atoms with Gasteiger partial charge in [0.1, 0.15) is 17.6 Å². The molecule has 6 nitrogen and oxygen atoms in total. The van der Waals surface area contributed by atoms with Crippen LogP contribution < -0.4 is 0 Å². The molecule has 0 bridgehead atoms. The summed E-state index contributed by atoms with van der Waals surface area (Å²) in [7, 11) is 0. The van der Waals surface area contributed by atoms with Gasteiger partial charge in [0.2, 0.25) is 5.60 Å². The average Bonchev–Trinajstić information content (AvgIpc) is 2.21. The van der Waals surface area contributed by atoms with E-state index in [1.165, 1.54) is 0 Å². The van der Waals surface area contributed by atoms with E-state index in [1.807, 2.05) is 0 Å². The van der Waals surface area contributed by atoms with Crippen LogP contribution in [0.5, 0.6) is 0 Å². The number of carbonyl (C=O) groups is 1. The van der Waals surface area contributed by atoms with Gasteiger partial charge in [0.15, 0.2) is 0 Å². The fourth-order valence-electron chi connectivity index (χ4n) is 2.60. The van der Waals surface area contributed by atoms with Gasteiger partial charge in [-0.3, -0.25) is 0 Å². The van der Waals surface area contributed by atoms with E-state index in [0.29, 0.717) is 0 Å². The van der Waals surface area contributed by atoms with E-state index in [1.54, 1.807) is 41.5 Å². The molecule has 1 rings (SSSR count). The molecule has 2 atom stereocenters. The molecule has 0 saturated carbocycles. The summed E-state index contributed by atoms with van der Waals surface area (Å²) < 4.78 is 0. The van der Waals surface area contributed by atoms with Crippen molar-refractivity contribution in [3.8, 4) is 0 Å². The molecule has 0 saturated heterocycles. The van der Waals surface area contributed by atoms with Gasteiger partial charge < -0.3 is 25.5 Å². The molecule has 0 spiro atoms. The Bertz CT molecular complexity index is 529. The molecule has 1 aliphatic rings. The van der Waals surface area contributed by atoms with E-state index in [2.05, 4.69) is 0 Å². The van der Waals surface area contributed by atoms with Crippen LogP contribution in [0.25, 0.3) is 0 Å². The first-order valence-electron chi connectivity index (χ1n) is 6.68. The molecule has 21 heavy (non-hydrogen) atoms. The number of aliphatic hydroxyl groups excluding tert-OH is 3. The molecule has 0 fully saturated rings. The van der Waals surface area contributed by atoms with Gasteiger partial charge in [-0.1, -0.05) is 41.5 Å². The maximum Gasteiger partial charge on any atom is 0.346 e. The van der Waals surface area contributed by atoms with Crippen molar-refractivity contribution in [2.24, 2.45) is 10.8 Å². The Labute approximate surface area is 124 Å². The molecule has 0 aromatic rings. The molecule has 0 aliphatic heterocycles. The van der Waals surface area contributed by atoms with E-state index in [0.717, 1.165) is 0 Å². The molecule has 0 aromatic heterocycles. The lowest BCUT2D eigenvalue weighted by atomic mass is 9.67. The van der Waals surface area contributed by atoms with Gasteiger partial charge in [-0.15, -0.1) is 0 Å². The van der Waals surface area contributed by atoms with Gasteiger partial charge in [-0.25, -0.2) is 4.79 Å². The summed E-state index contributed by atoms with van der Waals surface area (Å²) >= 11 is 0. The van der Waals surface area contributed by atoms with Crippen molar-refractivity contribution >= 4 is 5.97 Å². The summed E-state index contributed by atoms with van der Waals surface area (Å²) in [5.74, 6) is -3.07. The highest BCUT2D eigenvalue weighted by molar-refractivity contribution is 5.84. The van der Waals surface area contributed by atoms with E-state index in [-0.39, 0.29) is 16.9 Å². The highest BCUT2D eigenvalue weighted by atomic mass is 16.4. The molecule has 5 N–H and O–H groups in total. The minimum Gasteiger partial charge on any atom is -0.508 e. The molecule has 0 radical (unpaired) electrons. The number of allylic oxidation sites excluding steroid dienone is 1. The predicted octanol–water partition coefficient (Wildman–Crippen LogP) is 1.89. The monoisotopic (exact) mass is 300 g/mol. The third kappa shape index (κ3) is 2.53. The third-order valence-electron chi connectivity index (χ3n) is 3.64. The van der Waals surface area contributed by atoms with Crippen LogP contribution in [0.2, 0.25) is 0 Å². The minimum atomic E-state index is -2.88. The first-order chi connectivity index (χ1) is 9.16. The lowest BCUT2D eigenvalue weighted by Crippen LogP contribution is -2.56. The SMILES string of the molecule is CC(C)(C)C1=C(O)C(O)(C(=O)O)C(O)C(C(C)(C)C)=C1O. The van der Waals surface area contributed by atoms with Crippen molar-refractivity contribution in [2.75, 3.05) is 0 Å². The van der Waals surface area contributed by atoms with Gasteiger partial charge in [0.25, 0.3) is 0 Å². The lowest BCUT2D eigenvalue weighted by molar-refractivity contribution is -0.168. The van der Waals surface area contributed by atoms with Crippen molar-refractivity contribution in [1.82, 2.24) is 0 Å². The summed E-state index contributed by atoms with van der Waals surface area (Å²) in [6.45, 7) is 10.0. The summed E-state index contributed by atoms with van der Waals surface area (Å²) in [6, 6.07) is 0. The van der Waals surface area contributed by atoms with Crippen LogP contribution in [-0.2, 0) is 4.79 Å². The van der Waals surface area contributed by atoms with Crippen molar-refractivity contribution in [3.63, 3.8) is 0 Å². The fourth-order valence-corrected chi connectivity index (χ4v) is 2.60. The highest BCUT2D eigenvalue weighted by Crippen LogP contribution is 2.47. The Balaban J connectivity index is 3.85. The van der Waals surface area contributed by atoms with Crippen molar-refractivity contribution in [1.29, 1.82) is 0 Å². The molecule has 120 valence electrons. The van der Waals surface area contributed by atoms with E-state index < -0.39 is 34.3 Å². The number of carboxylic acids is 1. The minimum absolute atomic E-state index is 0.0184. The fraction of sp³-hybridized carbons (Fsp3) is 0.667. The maximum absolute atomic E-state index is 11.4. The maximum atomic E-state index is 11.4. The summed E-state index contributed by atoms with van der Waals surface area (Å²) in [5.41, 5.74) is -4.60. The van der Waals surface area contributed by atoms with Crippen LogP contribution in [0, 0.1) is 10.8 Å². The second-order valence-electron chi connectivity index (χ2n) is 7.46. The molecular formula is C15H24O6. The number of hydrogen-bond acceptors (Lipinski definition) is 5. The van der Waals surface area contributed by atoms with Crippen LogP contribution in [0.1, 0.15) is 41.5 Å². The van der Waals surface area contributed by atoms with Crippen LogP contribution in [0.15, 0.2) is 22.7 Å². The van der Waals surface area contributed by atoms with Crippen LogP contribution in [0.3, 0.4) is 0 Å². The molecule has 1 aliphatic carbocycles. The Morgan fingerprint density at radius 2 is 1.48 bits per heavy atom. The predicted molar refractivity (Wildman–Crippen MR) is 76.8 cm³/mol. The Hall–Kier alpha value is -1.53. The molecule has 0 heterocycles. The van der Waals surface area contributed by atoms with Crippen molar-refractivity contribution in [2.45, 2.75) is 53.2 Å². The second kappa shape index (κ2) is 4.74. The Morgan fingerprint density at radius 3 is 1.76 bits per heavy atom.